The van der Waals surface area contributed by atoms with E-state index in [1.807, 2.05) is 0 Å². The van der Waals surface area contributed by atoms with Crippen LogP contribution in [0.15, 0.2) is 34.9 Å². The van der Waals surface area contributed by atoms with Crippen LogP contribution in [0.1, 0.15) is 91.7 Å². The van der Waals surface area contributed by atoms with Crippen LogP contribution >= 0.6 is 15.9 Å². The minimum absolute atomic E-state index is 0.0763. The number of nitrogens with zero attached hydrogens (tertiary/aromatic N) is 3. The lowest BCUT2D eigenvalue weighted by Crippen LogP contribution is -2.45. The summed E-state index contributed by atoms with van der Waals surface area (Å²) in [6.45, 7) is 5.58. The van der Waals surface area contributed by atoms with Gasteiger partial charge in [0.25, 0.3) is 5.91 Å². The number of benzene rings is 1. The van der Waals surface area contributed by atoms with Crippen molar-refractivity contribution < 1.29 is 32.7 Å². The molecule has 0 atom stereocenters. The molecule has 39 heavy (non-hydrogen) atoms. The summed E-state index contributed by atoms with van der Waals surface area (Å²) < 4.78 is 44.7. The van der Waals surface area contributed by atoms with Gasteiger partial charge < -0.3 is 10.0 Å². The van der Waals surface area contributed by atoms with Gasteiger partial charge in [0.2, 0.25) is 0 Å². The van der Waals surface area contributed by atoms with E-state index in [0.29, 0.717) is 10.0 Å². The monoisotopic (exact) mass is 611 g/mol. The largest absolute Gasteiger partial charge is 0.481 e. The molecule has 2 saturated carbocycles. The number of ketones is 1. The highest BCUT2D eigenvalue weighted by Crippen LogP contribution is 2.46. The minimum Gasteiger partial charge on any atom is -0.481 e. The number of hydrogen-bond acceptors (Lipinski definition) is 4. The summed E-state index contributed by atoms with van der Waals surface area (Å²) in [5.41, 5.74) is -2.31. The van der Waals surface area contributed by atoms with E-state index < -0.39 is 40.8 Å². The van der Waals surface area contributed by atoms with Gasteiger partial charge >= 0.3 is 12.1 Å². The highest BCUT2D eigenvalue weighted by molar-refractivity contribution is 9.10. The molecule has 1 heterocycles. The first-order valence-corrected chi connectivity index (χ1v) is 13.9. The van der Waals surface area contributed by atoms with Gasteiger partial charge in [0.15, 0.2) is 11.5 Å². The summed E-state index contributed by atoms with van der Waals surface area (Å²) in [5.74, 6) is -2.16. The van der Waals surface area contributed by atoms with Crippen molar-refractivity contribution in [2.75, 3.05) is 13.1 Å². The quantitative estimate of drug-likeness (QED) is 0.338. The molecule has 0 unspecified atom stereocenters. The van der Waals surface area contributed by atoms with Crippen molar-refractivity contribution in [2.45, 2.75) is 71.5 Å². The zero-order valence-electron chi connectivity index (χ0n) is 22.2. The number of carboxylic acid groups (broad SMARTS) is 1. The number of hydrogen-bond donors (Lipinski definition) is 1. The van der Waals surface area contributed by atoms with Gasteiger partial charge in [-0.05, 0) is 62.8 Å². The highest BCUT2D eigenvalue weighted by Gasteiger charge is 2.46. The van der Waals surface area contributed by atoms with E-state index in [1.165, 1.54) is 4.90 Å². The maximum atomic E-state index is 14.4. The molecule has 1 aromatic heterocycles. The Hall–Kier alpha value is -2.69. The molecular formula is C28H33BrF3N3O4. The SMILES string of the molecule is CC1(C)CC(CN(CC(=O)c2ccccc2Br)C(=O)c2cnn([C@H]3CC[C@](C)(C(=O)O)CC3)c2C(F)(F)F)C1. The zero-order chi connectivity index (χ0) is 28.8. The van der Waals surface area contributed by atoms with E-state index in [2.05, 4.69) is 34.9 Å². The third-order valence-electron chi connectivity index (χ3n) is 8.17. The van der Waals surface area contributed by atoms with Crippen molar-refractivity contribution in [2.24, 2.45) is 16.7 Å². The van der Waals surface area contributed by atoms with Gasteiger partial charge in [-0.25, -0.2) is 0 Å². The Labute approximate surface area is 233 Å². The molecule has 2 fully saturated rings. The van der Waals surface area contributed by atoms with Crippen molar-refractivity contribution in [3.05, 3.63) is 51.8 Å². The van der Waals surface area contributed by atoms with Crippen LogP contribution < -0.4 is 0 Å². The summed E-state index contributed by atoms with van der Waals surface area (Å²) >= 11 is 3.34. The molecule has 0 bridgehead atoms. The molecular weight excluding hydrogens is 579 g/mol. The van der Waals surface area contributed by atoms with Crippen molar-refractivity contribution >= 4 is 33.6 Å². The average molecular weight is 612 g/mol. The molecule has 1 aromatic carbocycles. The number of alkyl halides is 3. The molecule has 11 heteroatoms. The van der Waals surface area contributed by atoms with E-state index in [-0.39, 0.29) is 55.9 Å². The van der Waals surface area contributed by atoms with Crippen LogP contribution in [0.5, 0.6) is 0 Å². The van der Waals surface area contributed by atoms with Gasteiger partial charge in [0, 0.05) is 16.6 Å². The molecule has 2 aliphatic rings. The fourth-order valence-corrected chi connectivity index (χ4v) is 6.56. The average Bonchev–Trinajstić information content (AvgIpc) is 3.28. The van der Waals surface area contributed by atoms with Crippen LogP contribution in [-0.4, -0.2) is 50.5 Å². The van der Waals surface area contributed by atoms with E-state index in [0.717, 1.165) is 23.7 Å². The van der Waals surface area contributed by atoms with Crippen LogP contribution in [0.3, 0.4) is 0 Å². The number of carbonyl (C=O) groups is 3. The van der Waals surface area contributed by atoms with E-state index in [1.54, 1.807) is 31.2 Å². The summed E-state index contributed by atoms with van der Waals surface area (Å²) in [4.78, 5) is 39.7. The van der Waals surface area contributed by atoms with Gasteiger partial charge in [-0.2, -0.15) is 18.3 Å². The van der Waals surface area contributed by atoms with Gasteiger partial charge in [-0.1, -0.05) is 48.0 Å². The Balaban J connectivity index is 1.64. The smallest absolute Gasteiger partial charge is 0.433 e. The molecule has 0 saturated heterocycles. The molecule has 0 aliphatic heterocycles. The maximum absolute atomic E-state index is 14.4. The zero-order valence-corrected chi connectivity index (χ0v) is 23.8. The fraction of sp³-hybridized carbons (Fsp3) is 0.571. The summed E-state index contributed by atoms with van der Waals surface area (Å²) in [7, 11) is 0. The summed E-state index contributed by atoms with van der Waals surface area (Å²) in [6.07, 6.45) is -1.52. The second kappa shape index (κ2) is 10.7. The molecule has 1 N–H and O–H groups in total. The standard InChI is InChI=1S/C28H33BrF3N3O4/c1-26(2)12-17(13-26)15-34(16-22(36)19-6-4-5-7-21(19)29)24(37)20-14-33-35(23(20)28(30,31)32)18-8-10-27(3,11-9-18)25(38)39/h4-7,14,17-18H,8-13,15-16H2,1-3H3,(H,38,39)/t18-,27-. The predicted molar refractivity (Wildman–Crippen MR) is 141 cm³/mol. The van der Waals surface area contributed by atoms with Crippen molar-refractivity contribution in [3.63, 3.8) is 0 Å². The number of rotatable bonds is 8. The normalized spacial score (nSPS) is 23.2. The van der Waals surface area contributed by atoms with Crippen LogP contribution in [0.2, 0.25) is 0 Å². The van der Waals surface area contributed by atoms with Gasteiger partial charge in [-0.15, -0.1) is 0 Å². The van der Waals surface area contributed by atoms with Crippen LogP contribution in [-0.2, 0) is 11.0 Å². The highest BCUT2D eigenvalue weighted by atomic mass is 79.9. The summed E-state index contributed by atoms with van der Waals surface area (Å²) in [5, 5.41) is 13.5. The Kier molecular flexibility index (Phi) is 8.04. The van der Waals surface area contributed by atoms with Gasteiger partial charge in [0.05, 0.1) is 29.8 Å². The summed E-state index contributed by atoms with van der Waals surface area (Å²) in [6, 6.07) is 6.05. The number of aliphatic carboxylic acids is 1. The molecule has 1 amide bonds. The molecule has 2 aliphatic carbocycles. The first kappa shape index (κ1) is 29.3. The Morgan fingerprint density at radius 1 is 1.10 bits per heavy atom. The predicted octanol–water partition coefficient (Wildman–Crippen LogP) is 6.63. The first-order valence-electron chi connectivity index (χ1n) is 13.1. The fourth-order valence-electron chi connectivity index (χ4n) is 6.06. The van der Waals surface area contributed by atoms with Crippen LogP contribution in [0, 0.1) is 16.7 Å². The van der Waals surface area contributed by atoms with Crippen LogP contribution in [0.4, 0.5) is 13.2 Å². The second-order valence-corrected chi connectivity index (χ2v) is 12.8. The number of aromatic nitrogens is 2. The number of carboxylic acids is 1. The Morgan fingerprint density at radius 3 is 2.26 bits per heavy atom. The van der Waals surface area contributed by atoms with Gasteiger partial charge in [-0.3, -0.25) is 19.1 Å². The van der Waals surface area contributed by atoms with Crippen molar-refractivity contribution in [1.29, 1.82) is 0 Å². The van der Waals surface area contributed by atoms with E-state index in [9.17, 15) is 32.7 Å². The topological polar surface area (TPSA) is 92.5 Å². The maximum Gasteiger partial charge on any atom is 0.433 e. The van der Waals surface area contributed by atoms with E-state index in [4.69, 9.17) is 0 Å². The number of Topliss-reactive ketones (excluding diaryl/α,β-unsaturated/α-hetero) is 1. The molecule has 0 radical (unpaired) electrons. The third kappa shape index (κ3) is 6.23. The lowest BCUT2D eigenvalue weighted by atomic mass is 9.64. The Morgan fingerprint density at radius 2 is 1.72 bits per heavy atom. The lowest BCUT2D eigenvalue weighted by Gasteiger charge is -2.44. The molecule has 0 spiro atoms. The van der Waals surface area contributed by atoms with Crippen molar-refractivity contribution in [3.8, 4) is 0 Å². The molecule has 2 aromatic rings. The van der Waals surface area contributed by atoms with Crippen molar-refractivity contribution in [1.82, 2.24) is 14.7 Å². The second-order valence-electron chi connectivity index (χ2n) is 12.0. The van der Waals surface area contributed by atoms with Gasteiger partial charge in [0.1, 0.15) is 0 Å². The lowest BCUT2D eigenvalue weighted by molar-refractivity contribution is -0.152. The third-order valence-corrected chi connectivity index (χ3v) is 8.86. The number of carbonyl (C=O) groups excluding carboxylic acids is 2. The molecule has 4 rings (SSSR count). The number of halogens is 4. The number of amides is 1. The minimum atomic E-state index is -4.87. The van der Waals surface area contributed by atoms with Crippen LogP contribution in [0.25, 0.3) is 0 Å². The molecule has 7 nitrogen and oxygen atoms in total. The Bertz CT molecular complexity index is 1260. The molecule has 212 valence electrons. The first-order chi connectivity index (χ1) is 18.1. The van der Waals surface area contributed by atoms with E-state index >= 15 is 0 Å².